The number of ether oxygens (including phenoxy) is 2. The van der Waals surface area contributed by atoms with E-state index in [4.69, 9.17) is 9.47 Å². The maximum absolute atomic E-state index is 12.0. The van der Waals surface area contributed by atoms with Gasteiger partial charge in [0, 0.05) is 25.1 Å². The average molecular weight is 276 g/mol. The van der Waals surface area contributed by atoms with Gasteiger partial charge in [0.15, 0.2) is 0 Å². The molecule has 2 aliphatic heterocycles. The van der Waals surface area contributed by atoms with Crippen LogP contribution in [-0.4, -0.2) is 31.9 Å². The third-order valence-corrected chi connectivity index (χ3v) is 3.78. The second-order valence-electron chi connectivity index (χ2n) is 5.22. The Hall–Kier alpha value is -1.75. The van der Waals surface area contributed by atoms with Crippen molar-refractivity contribution in [2.24, 2.45) is 0 Å². The summed E-state index contributed by atoms with van der Waals surface area (Å²) in [6, 6.07) is 7.73. The molecule has 2 atom stereocenters. The van der Waals surface area contributed by atoms with Crippen LogP contribution in [0.25, 0.3) is 0 Å². The van der Waals surface area contributed by atoms with Gasteiger partial charge in [0.1, 0.15) is 5.75 Å². The second-order valence-corrected chi connectivity index (χ2v) is 5.22. The number of para-hydroxylation sites is 1. The predicted molar refractivity (Wildman–Crippen MR) is 74.8 cm³/mol. The van der Waals surface area contributed by atoms with Crippen molar-refractivity contribution in [3.63, 3.8) is 0 Å². The van der Waals surface area contributed by atoms with E-state index in [1.165, 1.54) is 0 Å². The van der Waals surface area contributed by atoms with Gasteiger partial charge >= 0.3 is 6.03 Å². The van der Waals surface area contributed by atoms with Crippen LogP contribution in [0.15, 0.2) is 24.3 Å². The van der Waals surface area contributed by atoms with E-state index in [1.807, 2.05) is 24.3 Å². The van der Waals surface area contributed by atoms with Gasteiger partial charge in [-0.05, 0) is 18.9 Å². The highest BCUT2D eigenvalue weighted by Gasteiger charge is 2.23. The Bertz CT molecular complexity index is 472. The molecule has 5 heteroatoms. The number of nitrogens with one attached hydrogen (secondary N) is 2. The Morgan fingerprint density at radius 3 is 3.00 bits per heavy atom. The first kappa shape index (κ1) is 13.2. The lowest BCUT2D eigenvalue weighted by atomic mass is 10.0. The number of carbonyl (C=O) groups is 1. The van der Waals surface area contributed by atoms with E-state index in [1.54, 1.807) is 0 Å². The molecule has 1 aromatic rings. The number of amides is 2. The van der Waals surface area contributed by atoms with Crippen LogP contribution in [0.5, 0.6) is 5.75 Å². The first-order valence-corrected chi connectivity index (χ1v) is 7.20. The SMILES string of the molecule is O=C(NC[C@H]1CCCO1)N[C@@H]1CCOc2ccccc21. The van der Waals surface area contributed by atoms with Crippen LogP contribution in [0.3, 0.4) is 0 Å². The molecule has 0 unspecified atom stereocenters. The number of fused-ring (bicyclic) bond motifs is 1. The molecule has 0 bridgehead atoms. The molecule has 2 aliphatic rings. The number of urea groups is 1. The van der Waals surface area contributed by atoms with E-state index in [-0.39, 0.29) is 18.2 Å². The van der Waals surface area contributed by atoms with Crippen molar-refractivity contribution < 1.29 is 14.3 Å². The molecule has 1 saturated heterocycles. The van der Waals surface area contributed by atoms with Crippen molar-refractivity contribution in [1.29, 1.82) is 0 Å². The fourth-order valence-corrected chi connectivity index (χ4v) is 2.71. The van der Waals surface area contributed by atoms with Crippen molar-refractivity contribution in [3.05, 3.63) is 29.8 Å². The van der Waals surface area contributed by atoms with Gasteiger partial charge in [0.2, 0.25) is 0 Å². The summed E-state index contributed by atoms with van der Waals surface area (Å²) in [4.78, 5) is 12.0. The molecule has 1 aromatic carbocycles. The van der Waals surface area contributed by atoms with E-state index in [2.05, 4.69) is 10.6 Å². The van der Waals surface area contributed by atoms with Crippen LogP contribution in [0.2, 0.25) is 0 Å². The molecular weight excluding hydrogens is 256 g/mol. The molecule has 0 saturated carbocycles. The molecule has 0 aliphatic carbocycles. The summed E-state index contributed by atoms with van der Waals surface area (Å²) in [5.74, 6) is 0.864. The van der Waals surface area contributed by atoms with Gasteiger partial charge in [-0.25, -0.2) is 4.79 Å². The van der Waals surface area contributed by atoms with E-state index in [9.17, 15) is 4.79 Å². The van der Waals surface area contributed by atoms with Gasteiger partial charge in [0.25, 0.3) is 0 Å². The molecular formula is C15H20N2O3. The minimum atomic E-state index is -0.137. The third kappa shape index (κ3) is 3.04. The van der Waals surface area contributed by atoms with Crippen molar-refractivity contribution in [1.82, 2.24) is 10.6 Å². The van der Waals surface area contributed by atoms with Crippen LogP contribution < -0.4 is 15.4 Å². The maximum Gasteiger partial charge on any atom is 0.315 e. The zero-order chi connectivity index (χ0) is 13.8. The van der Waals surface area contributed by atoms with Crippen LogP contribution in [-0.2, 0) is 4.74 Å². The van der Waals surface area contributed by atoms with Crippen LogP contribution >= 0.6 is 0 Å². The summed E-state index contributed by atoms with van der Waals surface area (Å²) in [5, 5.41) is 5.90. The number of hydrogen-bond acceptors (Lipinski definition) is 3. The van der Waals surface area contributed by atoms with Gasteiger partial charge in [-0.2, -0.15) is 0 Å². The molecule has 2 N–H and O–H groups in total. The zero-order valence-electron chi connectivity index (χ0n) is 11.4. The third-order valence-electron chi connectivity index (χ3n) is 3.78. The Balaban J connectivity index is 1.54. The Morgan fingerprint density at radius 2 is 2.15 bits per heavy atom. The summed E-state index contributed by atoms with van der Waals surface area (Å²) in [5.41, 5.74) is 1.05. The smallest absolute Gasteiger partial charge is 0.315 e. The molecule has 5 nitrogen and oxygen atoms in total. The molecule has 0 spiro atoms. The first-order chi connectivity index (χ1) is 9.83. The molecule has 20 heavy (non-hydrogen) atoms. The highest BCUT2D eigenvalue weighted by Crippen LogP contribution is 2.31. The van der Waals surface area contributed by atoms with Gasteiger partial charge in [-0.3, -0.25) is 0 Å². The van der Waals surface area contributed by atoms with E-state index in [0.29, 0.717) is 13.2 Å². The van der Waals surface area contributed by atoms with Gasteiger partial charge in [-0.1, -0.05) is 18.2 Å². The van der Waals surface area contributed by atoms with Crippen molar-refractivity contribution in [2.75, 3.05) is 19.8 Å². The van der Waals surface area contributed by atoms with Gasteiger partial charge in [-0.15, -0.1) is 0 Å². The second kappa shape index (κ2) is 6.13. The van der Waals surface area contributed by atoms with Gasteiger partial charge < -0.3 is 20.1 Å². The maximum atomic E-state index is 12.0. The molecule has 3 rings (SSSR count). The number of rotatable bonds is 3. The lowest BCUT2D eigenvalue weighted by Crippen LogP contribution is -2.42. The van der Waals surface area contributed by atoms with Crippen LogP contribution in [0.4, 0.5) is 4.79 Å². The fourth-order valence-electron chi connectivity index (χ4n) is 2.71. The number of carbonyl (C=O) groups excluding carboxylic acids is 1. The first-order valence-electron chi connectivity index (χ1n) is 7.20. The van der Waals surface area contributed by atoms with Crippen molar-refractivity contribution in [3.8, 4) is 5.75 Å². The molecule has 2 heterocycles. The summed E-state index contributed by atoms with van der Waals surface area (Å²) in [6.45, 7) is 2.02. The summed E-state index contributed by atoms with van der Waals surface area (Å²) in [6.07, 6.45) is 3.08. The van der Waals surface area contributed by atoms with Crippen molar-refractivity contribution in [2.45, 2.75) is 31.4 Å². The minimum absolute atomic E-state index is 0.0180. The molecule has 2 amide bonds. The largest absolute Gasteiger partial charge is 0.493 e. The van der Waals surface area contributed by atoms with E-state index in [0.717, 1.165) is 37.2 Å². The Kier molecular flexibility index (Phi) is 4.06. The topological polar surface area (TPSA) is 59.6 Å². The van der Waals surface area contributed by atoms with Crippen LogP contribution in [0, 0.1) is 0 Å². The zero-order valence-corrected chi connectivity index (χ0v) is 11.4. The highest BCUT2D eigenvalue weighted by molar-refractivity contribution is 5.74. The molecule has 0 aromatic heterocycles. The number of hydrogen-bond donors (Lipinski definition) is 2. The molecule has 108 valence electrons. The number of benzene rings is 1. The van der Waals surface area contributed by atoms with Crippen LogP contribution in [0.1, 0.15) is 30.9 Å². The Morgan fingerprint density at radius 1 is 1.25 bits per heavy atom. The monoisotopic (exact) mass is 276 g/mol. The summed E-state index contributed by atoms with van der Waals surface area (Å²) >= 11 is 0. The molecule has 1 fully saturated rings. The predicted octanol–water partition coefficient (Wildman–Crippen LogP) is 1.99. The summed E-state index contributed by atoms with van der Waals surface area (Å²) in [7, 11) is 0. The van der Waals surface area contributed by atoms with E-state index < -0.39 is 0 Å². The summed E-state index contributed by atoms with van der Waals surface area (Å²) < 4.78 is 11.1. The highest BCUT2D eigenvalue weighted by atomic mass is 16.5. The standard InChI is InChI=1S/C15H20N2O3/c18-15(16-10-11-4-3-8-19-11)17-13-7-9-20-14-6-2-1-5-12(13)14/h1-2,5-6,11,13H,3-4,7-10H2,(H2,16,17,18)/t11-,13-/m1/s1. The van der Waals surface area contributed by atoms with E-state index >= 15 is 0 Å². The quantitative estimate of drug-likeness (QED) is 0.887. The van der Waals surface area contributed by atoms with Gasteiger partial charge in [0.05, 0.1) is 18.8 Å². The lowest BCUT2D eigenvalue weighted by molar-refractivity contribution is 0.111. The Labute approximate surface area is 118 Å². The fraction of sp³-hybridized carbons (Fsp3) is 0.533. The van der Waals surface area contributed by atoms with Crippen molar-refractivity contribution >= 4 is 6.03 Å². The average Bonchev–Trinajstić information content (AvgIpc) is 2.99. The lowest BCUT2D eigenvalue weighted by Gasteiger charge is -2.26. The normalized spacial score (nSPS) is 24.6. The molecule has 0 radical (unpaired) electrons. The minimum Gasteiger partial charge on any atom is -0.493 e.